The zero-order valence-electron chi connectivity index (χ0n) is 10.7. The third-order valence-electron chi connectivity index (χ3n) is 3.02. The molecule has 0 unspecified atom stereocenters. The summed E-state index contributed by atoms with van der Waals surface area (Å²) in [6, 6.07) is 17.5. The van der Waals surface area contributed by atoms with Gasteiger partial charge in [-0.2, -0.15) is 0 Å². The van der Waals surface area contributed by atoms with E-state index in [0.717, 1.165) is 16.0 Å². The van der Waals surface area contributed by atoms with Crippen LogP contribution in [0.2, 0.25) is 0 Å². The Morgan fingerprint density at radius 3 is 2.50 bits per heavy atom. The van der Waals surface area contributed by atoms with Crippen molar-refractivity contribution in [2.24, 2.45) is 0 Å². The molecule has 3 nitrogen and oxygen atoms in total. The molecule has 1 aromatic heterocycles. The lowest BCUT2D eigenvalue weighted by molar-refractivity contribution is 0.561. The molecule has 0 saturated carbocycles. The van der Waals surface area contributed by atoms with Gasteiger partial charge in [0.1, 0.15) is 11.3 Å². The number of nitrogens with two attached hydrogens (primary N) is 1. The smallest absolute Gasteiger partial charge is 0.360 e. The van der Waals surface area contributed by atoms with E-state index < -0.39 is 5.63 Å². The number of anilines is 1. The lowest BCUT2D eigenvalue weighted by Gasteiger charge is -2.08. The van der Waals surface area contributed by atoms with Gasteiger partial charge in [0.05, 0.1) is 0 Å². The molecule has 0 aliphatic heterocycles. The first kappa shape index (κ1) is 12.8. The van der Waals surface area contributed by atoms with Crippen molar-refractivity contribution in [2.75, 3.05) is 5.73 Å². The Morgan fingerprint density at radius 1 is 1.00 bits per heavy atom. The highest BCUT2D eigenvalue weighted by atomic mass is 32.2. The van der Waals surface area contributed by atoms with Crippen molar-refractivity contribution in [3.8, 4) is 0 Å². The largest absolute Gasteiger partial charge is 0.421 e. The standard InChI is InChI=1S/C16H13NO2S/c17-14-15(20-10-11-6-2-1-3-7-11)12-8-4-5-9-13(12)19-16(14)18/h1-9H,10,17H2. The second-order valence-corrected chi connectivity index (χ2v) is 5.39. The summed E-state index contributed by atoms with van der Waals surface area (Å²) in [7, 11) is 0. The quantitative estimate of drug-likeness (QED) is 0.588. The van der Waals surface area contributed by atoms with Crippen LogP contribution in [0.25, 0.3) is 11.0 Å². The van der Waals surface area contributed by atoms with Crippen LogP contribution in [0, 0.1) is 0 Å². The second-order valence-electron chi connectivity index (χ2n) is 4.40. The zero-order valence-corrected chi connectivity index (χ0v) is 11.5. The van der Waals surface area contributed by atoms with Crippen LogP contribution in [0.4, 0.5) is 5.69 Å². The summed E-state index contributed by atoms with van der Waals surface area (Å²) < 4.78 is 5.19. The van der Waals surface area contributed by atoms with Crippen LogP contribution in [0.1, 0.15) is 5.56 Å². The molecule has 0 radical (unpaired) electrons. The van der Waals surface area contributed by atoms with E-state index in [2.05, 4.69) is 12.1 Å². The maximum absolute atomic E-state index is 11.8. The Morgan fingerprint density at radius 2 is 1.70 bits per heavy atom. The summed E-state index contributed by atoms with van der Waals surface area (Å²) in [5.41, 5.74) is 7.36. The molecule has 0 aliphatic rings. The topological polar surface area (TPSA) is 56.2 Å². The molecular formula is C16H13NO2S. The molecule has 3 aromatic rings. The summed E-state index contributed by atoms with van der Waals surface area (Å²) in [4.78, 5) is 12.6. The maximum Gasteiger partial charge on any atom is 0.360 e. The van der Waals surface area contributed by atoms with E-state index in [1.165, 1.54) is 5.56 Å². The number of nitrogen functional groups attached to an aromatic ring is 1. The number of thioether (sulfide) groups is 1. The number of hydrogen-bond acceptors (Lipinski definition) is 4. The second kappa shape index (κ2) is 5.43. The Bertz CT molecular complexity index is 796. The Balaban J connectivity index is 2.02. The predicted molar refractivity (Wildman–Crippen MR) is 82.9 cm³/mol. The molecule has 0 bridgehead atoms. The zero-order chi connectivity index (χ0) is 13.9. The van der Waals surface area contributed by atoms with Gasteiger partial charge in [-0.15, -0.1) is 11.8 Å². The van der Waals surface area contributed by atoms with E-state index >= 15 is 0 Å². The van der Waals surface area contributed by atoms with E-state index in [-0.39, 0.29) is 5.69 Å². The van der Waals surface area contributed by atoms with Crippen LogP contribution in [0.15, 0.2) is 68.7 Å². The van der Waals surface area contributed by atoms with Crippen LogP contribution in [0.5, 0.6) is 0 Å². The minimum absolute atomic E-state index is 0.185. The molecule has 0 atom stereocenters. The number of fused-ring (bicyclic) bond motifs is 1. The van der Waals surface area contributed by atoms with Gasteiger partial charge in [-0.3, -0.25) is 0 Å². The van der Waals surface area contributed by atoms with E-state index in [9.17, 15) is 4.79 Å². The number of benzene rings is 2. The summed E-state index contributed by atoms with van der Waals surface area (Å²) in [5, 5.41) is 0.880. The van der Waals surface area contributed by atoms with Gasteiger partial charge in [0.25, 0.3) is 0 Å². The average molecular weight is 283 g/mol. The van der Waals surface area contributed by atoms with Gasteiger partial charge in [-0.05, 0) is 11.6 Å². The first-order valence-electron chi connectivity index (χ1n) is 6.24. The number of para-hydroxylation sites is 1. The van der Waals surface area contributed by atoms with Crippen LogP contribution in [-0.2, 0) is 5.75 Å². The molecule has 3 rings (SSSR count). The first-order valence-corrected chi connectivity index (χ1v) is 7.22. The summed E-state index contributed by atoms with van der Waals surface area (Å²) in [5.74, 6) is 0.762. The molecule has 20 heavy (non-hydrogen) atoms. The molecule has 2 aromatic carbocycles. The lowest BCUT2D eigenvalue weighted by Crippen LogP contribution is -2.08. The van der Waals surface area contributed by atoms with Gasteiger partial charge in [0.2, 0.25) is 0 Å². The van der Waals surface area contributed by atoms with Crippen molar-refractivity contribution in [1.29, 1.82) is 0 Å². The van der Waals surface area contributed by atoms with Crippen LogP contribution in [-0.4, -0.2) is 0 Å². The van der Waals surface area contributed by atoms with Gasteiger partial charge < -0.3 is 10.2 Å². The average Bonchev–Trinajstić information content (AvgIpc) is 2.49. The van der Waals surface area contributed by atoms with Crippen molar-refractivity contribution in [1.82, 2.24) is 0 Å². The van der Waals surface area contributed by atoms with Gasteiger partial charge >= 0.3 is 5.63 Å². The van der Waals surface area contributed by atoms with E-state index in [1.807, 2.05) is 36.4 Å². The molecule has 0 amide bonds. The van der Waals surface area contributed by atoms with E-state index in [1.54, 1.807) is 17.8 Å². The fourth-order valence-electron chi connectivity index (χ4n) is 2.02. The van der Waals surface area contributed by atoms with E-state index in [0.29, 0.717) is 5.58 Å². The Kier molecular flexibility index (Phi) is 3.48. The molecule has 100 valence electrons. The van der Waals surface area contributed by atoms with Crippen molar-refractivity contribution in [3.05, 3.63) is 70.6 Å². The number of rotatable bonds is 3. The number of hydrogen-bond donors (Lipinski definition) is 1. The molecule has 0 saturated heterocycles. The molecule has 0 aliphatic carbocycles. The summed E-state index contributed by atoms with van der Waals surface area (Å²) >= 11 is 1.56. The van der Waals surface area contributed by atoms with Crippen molar-refractivity contribution in [2.45, 2.75) is 10.6 Å². The van der Waals surface area contributed by atoms with Crippen LogP contribution < -0.4 is 11.4 Å². The molecular weight excluding hydrogens is 270 g/mol. The normalized spacial score (nSPS) is 10.8. The molecule has 1 heterocycles. The highest BCUT2D eigenvalue weighted by Gasteiger charge is 2.12. The van der Waals surface area contributed by atoms with Crippen molar-refractivity contribution < 1.29 is 4.42 Å². The van der Waals surface area contributed by atoms with Crippen molar-refractivity contribution in [3.63, 3.8) is 0 Å². The first-order chi connectivity index (χ1) is 9.75. The Labute approximate surface area is 120 Å². The monoisotopic (exact) mass is 283 g/mol. The fraction of sp³-hybridized carbons (Fsp3) is 0.0625. The van der Waals surface area contributed by atoms with Gasteiger partial charge in [-0.25, -0.2) is 4.79 Å². The van der Waals surface area contributed by atoms with Gasteiger partial charge in [0.15, 0.2) is 0 Å². The third-order valence-corrected chi connectivity index (χ3v) is 4.23. The lowest BCUT2D eigenvalue weighted by atomic mass is 10.2. The minimum atomic E-state index is -0.473. The Hall–Kier alpha value is -2.20. The third kappa shape index (κ3) is 2.42. The van der Waals surface area contributed by atoms with Crippen molar-refractivity contribution >= 4 is 28.4 Å². The predicted octanol–water partition coefficient (Wildman–Crippen LogP) is 3.67. The van der Waals surface area contributed by atoms with Crippen LogP contribution in [0.3, 0.4) is 0 Å². The summed E-state index contributed by atoms with van der Waals surface area (Å²) in [6.07, 6.45) is 0. The van der Waals surface area contributed by atoms with E-state index in [4.69, 9.17) is 10.2 Å². The van der Waals surface area contributed by atoms with Gasteiger partial charge in [-0.1, -0.05) is 48.5 Å². The fourth-order valence-corrected chi connectivity index (χ4v) is 3.09. The highest BCUT2D eigenvalue weighted by molar-refractivity contribution is 7.98. The molecule has 0 fully saturated rings. The SMILES string of the molecule is Nc1c(SCc2ccccc2)c2ccccc2oc1=O. The molecule has 0 spiro atoms. The highest BCUT2D eigenvalue weighted by Crippen LogP contribution is 2.33. The molecule has 2 N–H and O–H groups in total. The van der Waals surface area contributed by atoms with Gasteiger partial charge in [0, 0.05) is 16.0 Å². The minimum Gasteiger partial charge on any atom is -0.421 e. The summed E-state index contributed by atoms with van der Waals surface area (Å²) in [6.45, 7) is 0. The van der Waals surface area contributed by atoms with Crippen LogP contribution >= 0.6 is 11.8 Å². The molecule has 4 heteroatoms. The maximum atomic E-state index is 11.8.